The Morgan fingerprint density at radius 1 is 1.23 bits per heavy atom. The number of carbonyl (C=O) groups excluding carboxylic acids is 1. The van der Waals surface area contributed by atoms with E-state index < -0.39 is 23.1 Å². The Morgan fingerprint density at radius 3 is 2.23 bits per heavy atom. The van der Waals surface area contributed by atoms with Gasteiger partial charge in [0, 0.05) is 12.0 Å². The van der Waals surface area contributed by atoms with E-state index in [1.165, 1.54) is 24.3 Å². The molecule has 1 unspecified atom stereocenters. The minimum absolute atomic E-state index is 0.0126. The van der Waals surface area contributed by atoms with E-state index in [1.807, 2.05) is 27.7 Å². The highest BCUT2D eigenvalue weighted by molar-refractivity contribution is 5.83. The first-order chi connectivity index (χ1) is 10.1. The Balaban J connectivity index is 2.75. The predicted octanol–water partition coefficient (Wildman–Crippen LogP) is 3.18. The van der Waals surface area contributed by atoms with Crippen LogP contribution in [0.25, 0.3) is 0 Å². The highest BCUT2D eigenvalue weighted by Gasteiger charge is 2.30. The van der Waals surface area contributed by atoms with E-state index in [0.717, 1.165) is 0 Å². The van der Waals surface area contributed by atoms with Gasteiger partial charge in [-0.05, 0) is 30.0 Å². The number of hydrogen-bond acceptors (Lipinski definition) is 2. The van der Waals surface area contributed by atoms with Crippen molar-refractivity contribution in [1.29, 1.82) is 0 Å². The van der Waals surface area contributed by atoms with Gasteiger partial charge in [0.2, 0.25) is 5.91 Å². The molecule has 1 aromatic rings. The third-order valence-electron chi connectivity index (χ3n) is 3.57. The van der Waals surface area contributed by atoms with Crippen molar-refractivity contribution in [1.82, 2.24) is 5.32 Å². The van der Waals surface area contributed by atoms with E-state index in [0.29, 0.717) is 17.9 Å². The van der Waals surface area contributed by atoms with Gasteiger partial charge >= 0.3 is 5.97 Å². The zero-order valence-electron chi connectivity index (χ0n) is 13.5. The van der Waals surface area contributed by atoms with Gasteiger partial charge in [0.25, 0.3) is 0 Å². The first kappa shape index (κ1) is 18.1. The van der Waals surface area contributed by atoms with Crippen LogP contribution < -0.4 is 5.32 Å². The van der Waals surface area contributed by atoms with Crippen LogP contribution in [0.1, 0.15) is 45.6 Å². The molecular weight excluding hydrogens is 285 g/mol. The van der Waals surface area contributed by atoms with Gasteiger partial charge in [-0.1, -0.05) is 39.8 Å². The van der Waals surface area contributed by atoms with Gasteiger partial charge in [-0.2, -0.15) is 0 Å². The summed E-state index contributed by atoms with van der Waals surface area (Å²) in [6.45, 7) is 7.74. The third-order valence-corrected chi connectivity index (χ3v) is 3.57. The van der Waals surface area contributed by atoms with Crippen molar-refractivity contribution in [2.24, 2.45) is 11.3 Å². The third kappa shape index (κ3) is 5.13. The topological polar surface area (TPSA) is 66.4 Å². The van der Waals surface area contributed by atoms with Gasteiger partial charge < -0.3 is 10.4 Å². The average molecular weight is 309 g/mol. The smallest absolute Gasteiger partial charge is 0.312 e. The van der Waals surface area contributed by atoms with Gasteiger partial charge in [0.15, 0.2) is 0 Å². The lowest BCUT2D eigenvalue weighted by atomic mass is 9.83. The monoisotopic (exact) mass is 309 g/mol. The zero-order chi connectivity index (χ0) is 16.9. The van der Waals surface area contributed by atoms with Gasteiger partial charge in [-0.25, -0.2) is 4.39 Å². The number of carbonyl (C=O) groups is 2. The number of benzene rings is 1. The van der Waals surface area contributed by atoms with E-state index in [9.17, 15) is 19.1 Å². The summed E-state index contributed by atoms with van der Waals surface area (Å²) in [5.41, 5.74) is -0.0871. The molecule has 0 bridgehead atoms. The second-order valence-corrected chi connectivity index (χ2v) is 6.63. The molecule has 1 rings (SSSR count). The van der Waals surface area contributed by atoms with Crippen LogP contribution in [0.15, 0.2) is 24.3 Å². The quantitative estimate of drug-likeness (QED) is 0.813. The number of hydrogen-bond donors (Lipinski definition) is 2. The Hall–Kier alpha value is -1.91. The van der Waals surface area contributed by atoms with Crippen LogP contribution in [-0.2, 0) is 9.59 Å². The number of halogens is 1. The second-order valence-electron chi connectivity index (χ2n) is 6.63. The molecule has 0 spiro atoms. The maximum absolute atomic E-state index is 12.9. The van der Waals surface area contributed by atoms with Crippen LogP contribution in [0.5, 0.6) is 0 Å². The number of aliphatic carboxylic acids is 1. The predicted molar refractivity (Wildman–Crippen MR) is 83.0 cm³/mol. The fourth-order valence-electron chi connectivity index (χ4n) is 2.59. The number of carboxylic acid groups (broad SMARTS) is 1. The fourth-order valence-corrected chi connectivity index (χ4v) is 2.59. The first-order valence-electron chi connectivity index (χ1n) is 7.40. The minimum atomic E-state index is -1.05. The lowest BCUT2D eigenvalue weighted by Crippen LogP contribution is -2.40. The molecular formula is C17H24FNO3. The molecule has 0 aliphatic rings. The highest BCUT2D eigenvalue weighted by atomic mass is 19.1. The van der Waals surface area contributed by atoms with Crippen LogP contribution >= 0.6 is 0 Å². The number of carboxylic acids is 1. The molecule has 0 aliphatic heterocycles. The molecule has 122 valence electrons. The standard InChI is InChI=1S/C17H24FNO3/c1-11(2)9-17(3,4)16(22)19-10-14(15(20)21)12-5-7-13(18)8-6-12/h5-8,11,14H,9-10H2,1-4H3,(H,19,22)(H,20,21). The zero-order valence-corrected chi connectivity index (χ0v) is 13.5. The van der Waals surface area contributed by atoms with Crippen molar-refractivity contribution in [2.45, 2.75) is 40.0 Å². The molecule has 2 N–H and O–H groups in total. The summed E-state index contributed by atoms with van der Waals surface area (Å²) < 4.78 is 12.9. The molecule has 0 heterocycles. The maximum Gasteiger partial charge on any atom is 0.312 e. The molecule has 5 heteroatoms. The SMILES string of the molecule is CC(C)CC(C)(C)C(=O)NCC(C(=O)O)c1ccc(F)cc1. The summed E-state index contributed by atoms with van der Waals surface area (Å²) in [5, 5.41) is 12.0. The molecule has 0 saturated carbocycles. The van der Waals surface area contributed by atoms with Crippen LogP contribution in [0.4, 0.5) is 4.39 Å². The number of rotatable bonds is 7. The van der Waals surface area contributed by atoms with Crippen molar-refractivity contribution in [2.75, 3.05) is 6.54 Å². The Bertz CT molecular complexity index is 523. The lowest BCUT2D eigenvalue weighted by molar-refractivity contribution is -0.139. The molecule has 0 aromatic heterocycles. The molecule has 4 nitrogen and oxygen atoms in total. The Kier molecular flexibility index (Phi) is 6.09. The summed E-state index contributed by atoms with van der Waals surface area (Å²) in [7, 11) is 0. The summed E-state index contributed by atoms with van der Waals surface area (Å²) in [6, 6.07) is 5.30. The molecule has 22 heavy (non-hydrogen) atoms. The minimum Gasteiger partial charge on any atom is -0.481 e. The summed E-state index contributed by atoms with van der Waals surface area (Å²) >= 11 is 0. The molecule has 0 aliphatic carbocycles. The molecule has 0 fully saturated rings. The number of amides is 1. The van der Waals surface area contributed by atoms with Crippen molar-refractivity contribution in [3.63, 3.8) is 0 Å². The van der Waals surface area contributed by atoms with Gasteiger partial charge in [0.1, 0.15) is 5.82 Å². The second kappa shape index (κ2) is 7.38. The van der Waals surface area contributed by atoms with Crippen LogP contribution in [0, 0.1) is 17.2 Å². The highest BCUT2D eigenvalue weighted by Crippen LogP contribution is 2.26. The molecule has 0 saturated heterocycles. The van der Waals surface area contributed by atoms with Crippen molar-refractivity contribution in [3.8, 4) is 0 Å². The summed E-state index contributed by atoms with van der Waals surface area (Å²) in [6.07, 6.45) is 0.715. The van der Waals surface area contributed by atoms with E-state index in [1.54, 1.807) is 0 Å². The number of nitrogens with one attached hydrogen (secondary N) is 1. The van der Waals surface area contributed by atoms with Crippen molar-refractivity contribution < 1.29 is 19.1 Å². The largest absolute Gasteiger partial charge is 0.481 e. The molecule has 1 amide bonds. The van der Waals surface area contributed by atoms with E-state index in [-0.39, 0.29) is 12.5 Å². The van der Waals surface area contributed by atoms with E-state index >= 15 is 0 Å². The average Bonchev–Trinajstić information content (AvgIpc) is 2.38. The summed E-state index contributed by atoms with van der Waals surface area (Å²) in [4.78, 5) is 23.6. The first-order valence-corrected chi connectivity index (χ1v) is 7.40. The maximum atomic E-state index is 12.9. The Morgan fingerprint density at radius 2 is 1.77 bits per heavy atom. The van der Waals surface area contributed by atoms with Crippen LogP contribution in [0.3, 0.4) is 0 Å². The summed E-state index contributed by atoms with van der Waals surface area (Å²) in [5.74, 6) is -2.16. The molecule has 1 aromatic carbocycles. The normalized spacial score (nSPS) is 13.0. The fraction of sp³-hybridized carbons (Fsp3) is 0.529. The van der Waals surface area contributed by atoms with Crippen molar-refractivity contribution >= 4 is 11.9 Å². The van der Waals surface area contributed by atoms with Gasteiger partial charge in [-0.3, -0.25) is 9.59 Å². The molecule has 1 atom stereocenters. The van der Waals surface area contributed by atoms with Gasteiger partial charge in [0.05, 0.1) is 5.92 Å². The van der Waals surface area contributed by atoms with E-state index in [2.05, 4.69) is 5.32 Å². The van der Waals surface area contributed by atoms with Crippen LogP contribution in [-0.4, -0.2) is 23.5 Å². The van der Waals surface area contributed by atoms with E-state index in [4.69, 9.17) is 0 Å². The molecule has 0 radical (unpaired) electrons. The van der Waals surface area contributed by atoms with Gasteiger partial charge in [-0.15, -0.1) is 0 Å². The Labute approximate surface area is 130 Å². The van der Waals surface area contributed by atoms with Crippen molar-refractivity contribution in [3.05, 3.63) is 35.6 Å². The lowest BCUT2D eigenvalue weighted by Gasteiger charge is -2.26. The van der Waals surface area contributed by atoms with Crippen LogP contribution in [0.2, 0.25) is 0 Å².